The van der Waals surface area contributed by atoms with Gasteiger partial charge in [-0.1, -0.05) is 25.3 Å². The molecule has 1 aromatic heterocycles. The number of hydrogen-bond donors (Lipinski definition) is 1. The van der Waals surface area contributed by atoms with Gasteiger partial charge in [-0.25, -0.2) is 0 Å². The van der Waals surface area contributed by atoms with Crippen molar-refractivity contribution in [2.75, 3.05) is 49.3 Å². The minimum absolute atomic E-state index is 0. The fourth-order valence-electron chi connectivity index (χ4n) is 8.06. The van der Waals surface area contributed by atoms with Crippen LogP contribution in [0.3, 0.4) is 0 Å². The van der Waals surface area contributed by atoms with Crippen LogP contribution in [0.4, 0.5) is 11.4 Å². The largest absolute Gasteiger partial charge is 0.491 e. The number of hydrogen-bond acceptors (Lipinski definition) is 6. The predicted molar refractivity (Wildman–Crippen MR) is 190 cm³/mol. The highest BCUT2D eigenvalue weighted by Crippen LogP contribution is 2.48. The van der Waals surface area contributed by atoms with Crippen molar-refractivity contribution in [1.29, 1.82) is 0 Å². The summed E-state index contributed by atoms with van der Waals surface area (Å²) in [4.78, 5) is 28.9. The lowest BCUT2D eigenvalue weighted by atomic mass is 9.81. The molecule has 2 N–H and O–H groups in total. The van der Waals surface area contributed by atoms with Crippen molar-refractivity contribution in [2.45, 2.75) is 64.0 Å². The molecule has 0 unspecified atom stereocenters. The molecular weight excluding hydrogens is 628 g/mol. The smallest absolute Gasteiger partial charge is 0.248 e. The number of benzene rings is 3. The second-order valence-electron chi connectivity index (χ2n) is 13.2. The third-order valence-electron chi connectivity index (χ3n) is 10.4. The maximum absolute atomic E-state index is 12.6. The Labute approximate surface area is 287 Å². The molecule has 0 spiro atoms. The van der Waals surface area contributed by atoms with Gasteiger partial charge in [0.15, 0.2) is 0 Å². The summed E-state index contributed by atoms with van der Waals surface area (Å²) in [5.74, 6) is 1.76. The number of rotatable bonds is 7. The molecule has 2 saturated heterocycles. The molecule has 0 bridgehead atoms. The highest BCUT2D eigenvalue weighted by Gasteiger charge is 2.30. The third kappa shape index (κ3) is 5.98. The van der Waals surface area contributed by atoms with Gasteiger partial charge in [0.25, 0.3) is 0 Å². The Morgan fingerprint density at radius 1 is 0.896 bits per heavy atom. The van der Waals surface area contributed by atoms with E-state index in [4.69, 9.17) is 19.9 Å². The summed E-state index contributed by atoms with van der Waals surface area (Å²) in [7, 11) is 0. The molecule has 10 heteroatoms. The molecule has 2 amide bonds. The molecule has 4 heterocycles. The lowest BCUT2D eigenvalue weighted by Crippen LogP contribution is -2.37. The van der Waals surface area contributed by atoms with Crippen LogP contribution in [0.1, 0.15) is 72.3 Å². The van der Waals surface area contributed by atoms with E-state index in [-0.39, 0.29) is 18.3 Å². The number of halogens is 1. The van der Waals surface area contributed by atoms with Gasteiger partial charge >= 0.3 is 0 Å². The van der Waals surface area contributed by atoms with Crippen LogP contribution in [-0.4, -0.2) is 55.8 Å². The van der Waals surface area contributed by atoms with Crippen molar-refractivity contribution in [3.63, 3.8) is 0 Å². The van der Waals surface area contributed by atoms with Crippen LogP contribution in [-0.2, 0) is 22.7 Å². The summed E-state index contributed by atoms with van der Waals surface area (Å²) in [5.41, 5.74) is 14.0. The normalized spacial score (nSPS) is 18.1. The Bertz CT molecular complexity index is 1840. The number of primary amides is 1. The molecule has 8 rings (SSSR count). The quantitative estimate of drug-likeness (QED) is 0.232. The maximum atomic E-state index is 12.6. The zero-order valence-corrected chi connectivity index (χ0v) is 28.1. The molecule has 4 aromatic rings. The van der Waals surface area contributed by atoms with Crippen LogP contribution < -0.4 is 25.0 Å². The van der Waals surface area contributed by atoms with Gasteiger partial charge in [0, 0.05) is 71.1 Å². The number of carbonyl (C=O) groups is 2. The van der Waals surface area contributed by atoms with E-state index in [2.05, 4.69) is 39.8 Å². The molecule has 4 aliphatic rings. The first kappa shape index (κ1) is 32.3. The summed E-state index contributed by atoms with van der Waals surface area (Å²) in [6.45, 7) is 5.32. The summed E-state index contributed by atoms with van der Waals surface area (Å²) in [6.07, 6.45) is 7.54. The molecule has 9 nitrogen and oxygen atoms in total. The number of anilines is 2. The first-order valence-corrected chi connectivity index (χ1v) is 17.2. The molecule has 3 fully saturated rings. The Balaban J connectivity index is 0.00000364. The van der Waals surface area contributed by atoms with E-state index >= 15 is 0 Å². The van der Waals surface area contributed by atoms with E-state index in [9.17, 15) is 9.59 Å². The van der Waals surface area contributed by atoms with Crippen LogP contribution in [0.15, 0.2) is 54.6 Å². The van der Waals surface area contributed by atoms with Crippen molar-refractivity contribution >= 4 is 46.5 Å². The van der Waals surface area contributed by atoms with Crippen LogP contribution in [0.5, 0.6) is 11.5 Å². The molecule has 0 atom stereocenters. The number of aromatic nitrogens is 1. The zero-order valence-electron chi connectivity index (χ0n) is 27.2. The number of amides is 2. The van der Waals surface area contributed by atoms with Crippen LogP contribution in [0, 0.1) is 0 Å². The Hall–Kier alpha value is -4.21. The lowest BCUT2D eigenvalue weighted by molar-refractivity contribution is -0.117. The monoisotopic (exact) mass is 670 g/mol. The molecule has 0 radical (unpaired) electrons. The highest BCUT2D eigenvalue weighted by atomic mass is 35.5. The van der Waals surface area contributed by atoms with Crippen LogP contribution >= 0.6 is 12.4 Å². The molecule has 3 aliphatic heterocycles. The van der Waals surface area contributed by atoms with Crippen molar-refractivity contribution in [3.8, 4) is 22.8 Å². The van der Waals surface area contributed by atoms with E-state index in [0.29, 0.717) is 50.9 Å². The number of carbonyl (C=O) groups excluding carboxylic acids is 2. The third-order valence-corrected chi connectivity index (χ3v) is 10.4. The summed E-state index contributed by atoms with van der Waals surface area (Å²) < 4.78 is 20.9. The predicted octanol–water partition coefficient (Wildman–Crippen LogP) is 6.81. The number of morpholine rings is 1. The van der Waals surface area contributed by atoms with Gasteiger partial charge in [-0.05, 0) is 73.2 Å². The molecular formula is C38H43ClN4O5. The summed E-state index contributed by atoms with van der Waals surface area (Å²) >= 11 is 0. The molecule has 3 aromatic carbocycles. The van der Waals surface area contributed by atoms with Gasteiger partial charge in [-0.15, -0.1) is 12.4 Å². The highest BCUT2D eigenvalue weighted by molar-refractivity contribution is 6.00. The lowest BCUT2D eigenvalue weighted by Gasteiger charge is -2.31. The summed E-state index contributed by atoms with van der Waals surface area (Å²) in [5, 5.41) is 1.21. The van der Waals surface area contributed by atoms with Gasteiger partial charge in [0.1, 0.15) is 24.7 Å². The van der Waals surface area contributed by atoms with Crippen LogP contribution in [0.2, 0.25) is 0 Å². The van der Waals surface area contributed by atoms with Crippen molar-refractivity contribution in [1.82, 2.24) is 4.57 Å². The van der Waals surface area contributed by atoms with Gasteiger partial charge in [-0.2, -0.15) is 0 Å². The van der Waals surface area contributed by atoms with E-state index < -0.39 is 5.91 Å². The minimum atomic E-state index is -0.414. The SMILES string of the molecule is Cl.NC(=O)c1ccc2c(C3CCCCC3)c3n(c2c1)CCOc1cc(OCc2cc(N4CCCC4=O)ccc2N2CCOCC2)ccc1-3. The minimum Gasteiger partial charge on any atom is -0.491 e. The fraction of sp³-hybridized carbons (Fsp3) is 0.421. The van der Waals surface area contributed by atoms with E-state index in [1.807, 2.05) is 29.2 Å². The van der Waals surface area contributed by atoms with Crippen molar-refractivity contribution in [2.24, 2.45) is 5.73 Å². The molecule has 48 heavy (non-hydrogen) atoms. The van der Waals surface area contributed by atoms with Crippen LogP contribution in [0.25, 0.3) is 22.2 Å². The average molecular weight is 671 g/mol. The van der Waals surface area contributed by atoms with Gasteiger partial charge in [0.05, 0.1) is 25.5 Å². The fourth-order valence-corrected chi connectivity index (χ4v) is 8.06. The Morgan fingerprint density at radius 2 is 1.73 bits per heavy atom. The molecule has 1 saturated carbocycles. The number of nitrogens with two attached hydrogens (primary N) is 1. The number of ether oxygens (including phenoxy) is 3. The Kier molecular flexibility index (Phi) is 9.25. The standard InChI is InChI=1S/C38H42N4O5.ClH/c39-38(44)26-8-11-30-33(22-26)42-17-20-46-34-23-29(10-12-31(34)37(42)36(30)25-5-2-1-3-6-25)47-24-27-21-28(41-14-4-7-35(41)43)9-13-32(27)40-15-18-45-19-16-40;/h8-13,21-23,25H,1-7,14-20,24H2,(H2,39,44);1H. The zero-order chi connectivity index (χ0) is 31.9. The first-order valence-electron chi connectivity index (χ1n) is 17.2. The second kappa shape index (κ2) is 13.7. The molecule has 252 valence electrons. The number of fused-ring (bicyclic) bond motifs is 5. The topological polar surface area (TPSA) is 99.3 Å². The Morgan fingerprint density at radius 3 is 2.50 bits per heavy atom. The van der Waals surface area contributed by atoms with Gasteiger partial charge < -0.3 is 34.3 Å². The second-order valence-corrected chi connectivity index (χ2v) is 13.2. The number of nitrogens with zero attached hydrogens (tertiary/aromatic N) is 3. The first-order chi connectivity index (χ1) is 23.0. The maximum Gasteiger partial charge on any atom is 0.248 e. The van der Waals surface area contributed by atoms with Gasteiger partial charge in [-0.3, -0.25) is 9.59 Å². The van der Waals surface area contributed by atoms with Crippen molar-refractivity contribution in [3.05, 3.63) is 71.3 Å². The van der Waals surface area contributed by atoms with Gasteiger partial charge in [0.2, 0.25) is 11.8 Å². The summed E-state index contributed by atoms with van der Waals surface area (Å²) in [6, 6.07) is 18.4. The van der Waals surface area contributed by atoms with E-state index in [0.717, 1.165) is 78.4 Å². The van der Waals surface area contributed by atoms with E-state index in [1.165, 1.54) is 35.9 Å². The van der Waals surface area contributed by atoms with E-state index in [1.54, 1.807) is 0 Å². The molecule has 1 aliphatic carbocycles. The van der Waals surface area contributed by atoms with Crippen molar-refractivity contribution < 1.29 is 23.8 Å². The average Bonchev–Trinajstić information content (AvgIpc) is 3.62.